The van der Waals surface area contributed by atoms with E-state index in [2.05, 4.69) is 49.5 Å². The molecule has 1 aliphatic rings. The van der Waals surface area contributed by atoms with Crippen molar-refractivity contribution in [1.82, 2.24) is 25.3 Å². The number of carbonyl (C=O) groups excluding carboxylic acids is 2. The molecular formula is C30H40N6O4. The third kappa shape index (κ3) is 9.55. The molecule has 0 aliphatic carbocycles. The molecule has 1 fully saturated rings. The van der Waals surface area contributed by atoms with E-state index in [1.807, 2.05) is 36.4 Å². The Labute approximate surface area is 235 Å². The Balaban J connectivity index is 1.23. The van der Waals surface area contributed by atoms with E-state index in [1.165, 1.54) is 5.56 Å². The van der Waals surface area contributed by atoms with Gasteiger partial charge < -0.3 is 25.2 Å². The van der Waals surface area contributed by atoms with Gasteiger partial charge in [0.15, 0.2) is 0 Å². The van der Waals surface area contributed by atoms with Crippen molar-refractivity contribution in [2.45, 2.75) is 51.3 Å². The highest BCUT2D eigenvalue weighted by Gasteiger charge is 2.27. The second kappa shape index (κ2) is 15.9. The number of amides is 1. The number of ketones is 1. The minimum Gasteiger partial charge on any atom is -0.445 e. The van der Waals surface area contributed by atoms with Crippen molar-refractivity contribution >= 4 is 11.9 Å². The van der Waals surface area contributed by atoms with Gasteiger partial charge in [-0.2, -0.15) is 4.98 Å². The molecule has 10 heteroatoms. The zero-order valence-corrected chi connectivity index (χ0v) is 23.0. The number of unbranched alkanes of at least 4 members (excludes halogenated alkanes) is 1. The first-order valence-electron chi connectivity index (χ1n) is 14.1. The van der Waals surface area contributed by atoms with Gasteiger partial charge in [0.1, 0.15) is 6.61 Å². The lowest BCUT2D eigenvalue weighted by Crippen LogP contribution is -2.46. The van der Waals surface area contributed by atoms with Crippen LogP contribution in [0.5, 0.6) is 0 Å². The molecule has 1 saturated heterocycles. The Hall–Kier alpha value is -3.60. The molecule has 214 valence electrons. The monoisotopic (exact) mass is 548 g/mol. The van der Waals surface area contributed by atoms with Crippen LogP contribution in [-0.2, 0) is 24.3 Å². The van der Waals surface area contributed by atoms with Gasteiger partial charge in [-0.1, -0.05) is 65.8 Å². The number of hydrogen-bond donors (Lipinski definition) is 2. The summed E-state index contributed by atoms with van der Waals surface area (Å²) in [5.74, 6) is -0.0317. The fourth-order valence-corrected chi connectivity index (χ4v) is 4.76. The average Bonchev–Trinajstić information content (AvgIpc) is 3.46. The Kier molecular flexibility index (Phi) is 11.6. The molecule has 40 heavy (non-hydrogen) atoms. The highest BCUT2D eigenvalue weighted by Crippen LogP contribution is 2.12. The third-order valence-corrected chi connectivity index (χ3v) is 7.06. The van der Waals surface area contributed by atoms with E-state index in [-0.39, 0.29) is 12.4 Å². The van der Waals surface area contributed by atoms with Crippen LogP contribution in [0, 0.1) is 0 Å². The molecule has 1 aliphatic heterocycles. The van der Waals surface area contributed by atoms with Crippen LogP contribution in [0.4, 0.5) is 4.79 Å². The summed E-state index contributed by atoms with van der Waals surface area (Å²) < 4.78 is 10.7. The second-order valence-electron chi connectivity index (χ2n) is 10.1. The Morgan fingerprint density at radius 2 is 1.60 bits per heavy atom. The normalized spacial score (nSPS) is 15.0. The quantitative estimate of drug-likeness (QED) is 0.217. The first kappa shape index (κ1) is 29.4. The van der Waals surface area contributed by atoms with Crippen LogP contribution in [0.25, 0.3) is 0 Å². The predicted molar refractivity (Wildman–Crippen MR) is 152 cm³/mol. The SMILES string of the molecule is NCCCCC(NC(=O)OCc1ccccc1)C(=O)c1noc(CN2CCN(CCCc3ccccc3)CC2)n1. The fraction of sp³-hybridized carbons (Fsp3) is 0.467. The molecule has 1 unspecified atom stereocenters. The fourth-order valence-electron chi connectivity index (χ4n) is 4.76. The topological polar surface area (TPSA) is 127 Å². The lowest BCUT2D eigenvalue weighted by Gasteiger charge is -2.33. The summed E-state index contributed by atoms with van der Waals surface area (Å²) in [5, 5.41) is 6.60. The van der Waals surface area contributed by atoms with Gasteiger partial charge in [-0.05, 0) is 56.3 Å². The van der Waals surface area contributed by atoms with Crippen molar-refractivity contribution in [1.29, 1.82) is 0 Å². The predicted octanol–water partition coefficient (Wildman–Crippen LogP) is 3.43. The lowest BCUT2D eigenvalue weighted by molar-refractivity contribution is 0.0896. The summed E-state index contributed by atoms with van der Waals surface area (Å²) in [7, 11) is 0. The number of hydrogen-bond acceptors (Lipinski definition) is 9. The number of benzene rings is 2. The maximum Gasteiger partial charge on any atom is 0.408 e. The van der Waals surface area contributed by atoms with Gasteiger partial charge in [-0.15, -0.1) is 0 Å². The van der Waals surface area contributed by atoms with Gasteiger partial charge in [0, 0.05) is 26.2 Å². The number of nitrogens with one attached hydrogen (secondary N) is 1. The van der Waals surface area contributed by atoms with Crippen molar-refractivity contribution in [2.75, 3.05) is 39.3 Å². The van der Waals surface area contributed by atoms with Crippen LogP contribution in [0.3, 0.4) is 0 Å². The Morgan fingerprint density at radius 3 is 2.30 bits per heavy atom. The standard InChI is InChI=1S/C30H40N6O4/c31-16-8-7-15-26(32-30(38)39-23-25-12-5-2-6-13-25)28(37)29-33-27(40-34-29)22-36-20-18-35(19-21-36)17-9-14-24-10-3-1-4-11-24/h1-6,10-13,26H,7-9,14-23,31H2,(H,32,38). The molecule has 4 rings (SSSR count). The number of rotatable bonds is 15. The smallest absolute Gasteiger partial charge is 0.408 e. The van der Waals surface area contributed by atoms with Gasteiger partial charge >= 0.3 is 6.09 Å². The van der Waals surface area contributed by atoms with Gasteiger partial charge in [0.25, 0.3) is 0 Å². The average molecular weight is 549 g/mol. The van der Waals surface area contributed by atoms with Gasteiger partial charge in [0.2, 0.25) is 17.5 Å². The number of carbonyl (C=O) groups is 2. The summed E-state index contributed by atoms with van der Waals surface area (Å²) >= 11 is 0. The number of aryl methyl sites for hydroxylation is 1. The highest BCUT2D eigenvalue weighted by atomic mass is 16.5. The molecule has 0 bridgehead atoms. The van der Waals surface area contributed by atoms with Crippen LogP contribution in [0.15, 0.2) is 65.2 Å². The van der Waals surface area contributed by atoms with Crippen molar-refractivity contribution in [2.24, 2.45) is 5.73 Å². The Bertz CT molecular complexity index is 1170. The number of Topliss-reactive ketones (excluding diaryl/α,β-unsaturated/α-hetero) is 1. The number of aromatic nitrogens is 2. The molecule has 0 radical (unpaired) electrons. The maximum atomic E-state index is 13.2. The summed E-state index contributed by atoms with van der Waals surface area (Å²) in [6, 6.07) is 19.1. The van der Waals surface area contributed by atoms with Crippen molar-refractivity contribution in [3.63, 3.8) is 0 Å². The van der Waals surface area contributed by atoms with E-state index < -0.39 is 17.9 Å². The van der Waals surface area contributed by atoms with Crippen molar-refractivity contribution < 1.29 is 18.8 Å². The van der Waals surface area contributed by atoms with Crippen LogP contribution in [0.1, 0.15) is 53.3 Å². The summed E-state index contributed by atoms with van der Waals surface area (Å²) in [5.41, 5.74) is 7.86. The lowest BCUT2D eigenvalue weighted by atomic mass is 10.0. The summed E-state index contributed by atoms with van der Waals surface area (Å²) in [6.07, 6.45) is 3.38. The molecule has 1 amide bonds. The van der Waals surface area contributed by atoms with E-state index in [9.17, 15) is 9.59 Å². The molecular weight excluding hydrogens is 508 g/mol. The number of piperazine rings is 1. The first-order chi connectivity index (χ1) is 19.6. The number of alkyl carbamates (subject to hydrolysis) is 1. The highest BCUT2D eigenvalue weighted by molar-refractivity contribution is 5.98. The molecule has 2 heterocycles. The van der Waals surface area contributed by atoms with Crippen molar-refractivity contribution in [3.05, 3.63) is 83.5 Å². The van der Waals surface area contributed by atoms with Crippen LogP contribution in [0.2, 0.25) is 0 Å². The molecule has 1 atom stereocenters. The van der Waals surface area contributed by atoms with Crippen LogP contribution in [-0.4, -0.2) is 77.1 Å². The third-order valence-electron chi connectivity index (χ3n) is 7.06. The number of ether oxygens (including phenoxy) is 1. The van der Waals surface area contributed by atoms with Crippen molar-refractivity contribution in [3.8, 4) is 0 Å². The van der Waals surface area contributed by atoms with E-state index in [0.29, 0.717) is 31.8 Å². The summed E-state index contributed by atoms with van der Waals surface area (Å²) in [4.78, 5) is 34.7. The molecule has 1 aromatic heterocycles. The maximum absolute atomic E-state index is 13.2. The molecule has 3 N–H and O–H groups in total. The molecule has 0 saturated carbocycles. The molecule has 3 aromatic rings. The molecule has 10 nitrogen and oxygen atoms in total. The van der Waals surface area contributed by atoms with E-state index >= 15 is 0 Å². The van der Waals surface area contributed by atoms with E-state index in [4.69, 9.17) is 15.0 Å². The largest absolute Gasteiger partial charge is 0.445 e. The number of nitrogens with two attached hydrogens (primary N) is 1. The number of nitrogens with zero attached hydrogens (tertiary/aromatic N) is 4. The Morgan fingerprint density at radius 1 is 0.925 bits per heavy atom. The molecule has 2 aromatic carbocycles. The van der Waals surface area contributed by atoms with Gasteiger partial charge in [0.05, 0.1) is 12.6 Å². The second-order valence-corrected chi connectivity index (χ2v) is 10.1. The minimum absolute atomic E-state index is 0.0318. The van der Waals surface area contributed by atoms with Crippen LogP contribution >= 0.6 is 0 Å². The van der Waals surface area contributed by atoms with Crippen LogP contribution < -0.4 is 11.1 Å². The first-order valence-corrected chi connectivity index (χ1v) is 14.1. The van der Waals surface area contributed by atoms with E-state index in [1.54, 1.807) is 0 Å². The zero-order chi connectivity index (χ0) is 28.0. The zero-order valence-electron chi connectivity index (χ0n) is 23.0. The summed E-state index contributed by atoms with van der Waals surface area (Å²) in [6.45, 7) is 5.94. The van der Waals surface area contributed by atoms with E-state index in [0.717, 1.165) is 57.5 Å². The minimum atomic E-state index is -0.820. The van der Waals surface area contributed by atoms with Gasteiger partial charge in [-0.3, -0.25) is 9.69 Å². The molecule has 0 spiro atoms. The van der Waals surface area contributed by atoms with Gasteiger partial charge in [-0.25, -0.2) is 4.79 Å².